The largest absolute Gasteiger partial charge is 0.194 e. The van der Waals surface area contributed by atoms with E-state index in [1.165, 1.54) is 0 Å². The Morgan fingerprint density at radius 3 is 1.94 bits per heavy atom. The van der Waals surface area contributed by atoms with Gasteiger partial charge < -0.3 is 0 Å². The molecule has 1 unspecified atom stereocenters. The third-order valence-electron chi connectivity index (χ3n) is 4.62. The number of hydrogen-bond acceptors (Lipinski definition) is 0. The van der Waals surface area contributed by atoms with Crippen LogP contribution >= 0.6 is 0 Å². The highest BCUT2D eigenvalue weighted by molar-refractivity contribution is 6.93. The van der Waals surface area contributed by atoms with Gasteiger partial charge in [-0.25, -0.2) is 0 Å². The van der Waals surface area contributed by atoms with Crippen LogP contribution in [0.1, 0.15) is 20.8 Å². The van der Waals surface area contributed by atoms with Crippen molar-refractivity contribution in [2.24, 2.45) is 0 Å². The Hall–Kier alpha value is -0.173. The normalized spacial score (nSPS) is 23.5. The molecule has 1 aliphatic rings. The van der Waals surface area contributed by atoms with Crippen LogP contribution in [0.3, 0.4) is 0 Å². The maximum absolute atomic E-state index is 2.58. The van der Waals surface area contributed by atoms with E-state index < -0.39 is 8.07 Å². The Morgan fingerprint density at radius 2 is 1.50 bits per heavy atom. The number of rotatable bonds is 1. The van der Waals surface area contributed by atoms with Crippen molar-refractivity contribution in [2.45, 2.75) is 59.5 Å². The molecule has 0 bridgehead atoms. The van der Waals surface area contributed by atoms with Crippen molar-refractivity contribution in [1.29, 1.82) is 0 Å². The Labute approximate surface area is 104 Å². The Balaban J connectivity index is 3.26. The molecule has 0 saturated heterocycles. The molecule has 0 aliphatic carbocycles. The smallest absolute Gasteiger partial charge is 0.113 e. The average Bonchev–Trinajstić information content (AvgIpc) is 2.24. The molecule has 0 saturated carbocycles. The Morgan fingerprint density at radius 1 is 1.00 bits per heavy atom. The van der Waals surface area contributed by atoms with E-state index >= 15 is 0 Å². The van der Waals surface area contributed by atoms with E-state index in [0.29, 0.717) is 6.71 Å². The maximum atomic E-state index is 2.58. The predicted molar refractivity (Wildman–Crippen MR) is 82.5 cm³/mol. The number of hydrogen-bond donors (Lipinski definition) is 0. The summed E-state index contributed by atoms with van der Waals surface area (Å²) >= 11 is 0. The fourth-order valence-corrected chi connectivity index (χ4v) is 5.40. The van der Waals surface area contributed by atoms with E-state index in [9.17, 15) is 0 Å². The van der Waals surface area contributed by atoms with E-state index in [4.69, 9.17) is 0 Å². The summed E-state index contributed by atoms with van der Waals surface area (Å²) in [5.74, 6) is 0. The van der Waals surface area contributed by atoms with Gasteiger partial charge in [-0.3, -0.25) is 0 Å². The molecule has 3 heteroatoms. The highest BCUT2D eigenvalue weighted by Gasteiger charge is 2.36. The first-order chi connectivity index (χ1) is 7.16. The molecule has 0 aromatic rings. The summed E-state index contributed by atoms with van der Waals surface area (Å²) < 4.78 is 0. The maximum Gasteiger partial charge on any atom is 0.194 e. The molecule has 1 heterocycles. The Bertz CT molecular complexity index is 336. The van der Waals surface area contributed by atoms with Crippen molar-refractivity contribution >= 4 is 21.5 Å². The lowest BCUT2D eigenvalue weighted by atomic mass is 9.37. The van der Waals surface area contributed by atoms with Crippen molar-refractivity contribution < 1.29 is 0 Å². The second-order valence-electron chi connectivity index (χ2n) is 6.68. The van der Waals surface area contributed by atoms with Gasteiger partial charge in [0.05, 0.1) is 0 Å². The van der Waals surface area contributed by atoms with Crippen LogP contribution in [0.15, 0.2) is 22.5 Å². The van der Waals surface area contributed by atoms with Crippen molar-refractivity contribution in [3.05, 3.63) is 22.5 Å². The lowest BCUT2D eigenvalue weighted by Gasteiger charge is -2.30. The van der Waals surface area contributed by atoms with E-state index in [1.54, 1.807) is 16.4 Å². The third-order valence-corrected chi connectivity index (χ3v) is 7.29. The molecular formula is C13H26B2Si. The third kappa shape index (κ3) is 2.56. The molecule has 0 spiro atoms. The molecule has 0 radical (unpaired) electrons. The second kappa shape index (κ2) is 4.60. The summed E-state index contributed by atoms with van der Waals surface area (Å²) in [5.41, 5.74) is 5.61. The van der Waals surface area contributed by atoms with Gasteiger partial charge in [0, 0.05) is 8.07 Å². The molecule has 16 heavy (non-hydrogen) atoms. The fraction of sp³-hybridized carbons (Fsp3) is 0.692. The van der Waals surface area contributed by atoms with Crippen LogP contribution in [0.4, 0.5) is 0 Å². The minimum Gasteiger partial charge on any atom is -0.113 e. The van der Waals surface area contributed by atoms with Crippen LogP contribution in [0.2, 0.25) is 38.7 Å². The van der Waals surface area contributed by atoms with Gasteiger partial charge in [0.2, 0.25) is 0 Å². The molecule has 1 atom stereocenters. The summed E-state index contributed by atoms with van der Waals surface area (Å²) in [4.78, 5) is 0. The van der Waals surface area contributed by atoms with E-state index in [1.807, 2.05) is 0 Å². The average molecular weight is 232 g/mol. The molecule has 0 aromatic heterocycles. The molecule has 0 N–H and O–H groups in total. The highest BCUT2D eigenvalue weighted by Crippen LogP contribution is 2.35. The first-order valence-electron chi connectivity index (χ1n) is 6.51. The predicted octanol–water partition coefficient (Wildman–Crippen LogP) is 4.40. The molecule has 1 rings (SSSR count). The van der Waals surface area contributed by atoms with Crippen LogP contribution in [0, 0.1) is 0 Å². The molecule has 0 nitrogen and oxygen atoms in total. The summed E-state index contributed by atoms with van der Waals surface area (Å²) in [6.07, 6.45) is 2.58. The van der Waals surface area contributed by atoms with Gasteiger partial charge in [-0.15, -0.1) is 22.5 Å². The molecule has 0 amide bonds. The zero-order valence-electron chi connectivity index (χ0n) is 12.3. The molecular weight excluding hydrogens is 206 g/mol. The SMILES string of the molecule is CB1C(C)=CC([Si](C)(C)C)B(C)C(C)=C1C. The van der Waals surface area contributed by atoms with E-state index in [0.717, 1.165) is 12.2 Å². The Kier molecular flexibility index (Phi) is 3.99. The van der Waals surface area contributed by atoms with Gasteiger partial charge in [-0.05, 0) is 5.44 Å². The molecule has 0 fully saturated rings. The van der Waals surface area contributed by atoms with Gasteiger partial charge in [0.15, 0.2) is 13.4 Å². The zero-order valence-corrected chi connectivity index (χ0v) is 13.3. The zero-order chi connectivity index (χ0) is 12.7. The van der Waals surface area contributed by atoms with Crippen LogP contribution in [-0.4, -0.2) is 21.5 Å². The van der Waals surface area contributed by atoms with Gasteiger partial charge in [0.1, 0.15) is 0 Å². The fourth-order valence-electron chi connectivity index (χ4n) is 2.88. The minimum absolute atomic E-state index is 0.642. The lowest BCUT2D eigenvalue weighted by Crippen LogP contribution is -2.37. The summed E-state index contributed by atoms with van der Waals surface area (Å²) in [5, 5.41) is 0. The second-order valence-corrected chi connectivity index (χ2v) is 12.1. The number of allylic oxidation sites excluding steroid dienone is 4. The molecule has 88 valence electrons. The van der Waals surface area contributed by atoms with Crippen molar-refractivity contribution in [3.63, 3.8) is 0 Å². The van der Waals surface area contributed by atoms with Gasteiger partial charge in [0.25, 0.3) is 0 Å². The standard InChI is InChI=1S/C13H26B2Si/c1-10-9-13(16(6,7)8)15(5)12(3)11(2)14(10)4/h9,13H,1-8H3. The summed E-state index contributed by atoms with van der Waals surface area (Å²) in [7, 11) is -1.11. The summed E-state index contributed by atoms with van der Waals surface area (Å²) in [6.45, 7) is 20.6. The van der Waals surface area contributed by atoms with Crippen LogP contribution in [-0.2, 0) is 0 Å². The van der Waals surface area contributed by atoms with E-state index in [2.05, 4.69) is 60.1 Å². The van der Waals surface area contributed by atoms with Crippen molar-refractivity contribution in [2.75, 3.05) is 0 Å². The van der Waals surface area contributed by atoms with E-state index in [-0.39, 0.29) is 0 Å². The van der Waals surface area contributed by atoms with Crippen molar-refractivity contribution in [1.82, 2.24) is 0 Å². The topological polar surface area (TPSA) is 0 Å². The molecule has 0 aromatic carbocycles. The first-order valence-corrected chi connectivity index (χ1v) is 10.1. The van der Waals surface area contributed by atoms with Gasteiger partial charge in [-0.2, -0.15) is 0 Å². The van der Waals surface area contributed by atoms with Gasteiger partial charge >= 0.3 is 0 Å². The quantitative estimate of drug-likeness (QED) is 0.588. The minimum atomic E-state index is -1.11. The highest BCUT2D eigenvalue weighted by atomic mass is 28.3. The first kappa shape index (κ1) is 13.9. The van der Waals surface area contributed by atoms with Crippen molar-refractivity contribution in [3.8, 4) is 0 Å². The van der Waals surface area contributed by atoms with Gasteiger partial charge in [-0.1, -0.05) is 54.1 Å². The van der Waals surface area contributed by atoms with Crippen LogP contribution in [0.5, 0.6) is 0 Å². The van der Waals surface area contributed by atoms with Crippen LogP contribution < -0.4 is 0 Å². The monoisotopic (exact) mass is 232 g/mol. The molecule has 1 aliphatic heterocycles. The lowest BCUT2D eigenvalue weighted by molar-refractivity contribution is 1.32. The van der Waals surface area contributed by atoms with Crippen LogP contribution in [0.25, 0.3) is 0 Å². The summed E-state index contributed by atoms with van der Waals surface area (Å²) in [6, 6.07) is 0.